The van der Waals surface area contributed by atoms with E-state index < -0.39 is 0 Å². The van der Waals surface area contributed by atoms with E-state index >= 15 is 0 Å². The molecule has 0 fully saturated rings. The summed E-state index contributed by atoms with van der Waals surface area (Å²) in [6.45, 7) is 0.367. The van der Waals surface area contributed by atoms with Crippen LogP contribution in [0, 0.1) is 0 Å². The molecule has 1 aromatic carbocycles. The molecule has 74 valence electrons. The summed E-state index contributed by atoms with van der Waals surface area (Å²) >= 11 is 1.62. The second-order valence-electron chi connectivity index (χ2n) is 2.84. The van der Waals surface area contributed by atoms with Crippen molar-refractivity contribution in [3.8, 4) is 0 Å². The molecule has 0 unspecified atom stereocenters. The number of hydrogen-bond donors (Lipinski definition) is 0. The molecule has 0 amide bonds. The molecule has 0 bridgehead atoms. The van der Waals surface area contributed by atoms with Crippen molar-refractivity contribution < 1.29 is 0 Å². The van der Waals surface area contributed by atoms with Gasteiger partial charge in [-0.15, -0.1) is 11.3 Å². The lowest BCUT2D eigenvalue weighted by molar-refractivity contribution is 1.22. The van der Waals surface area contributed by atoms with Crippen molar-refractivity contribution in [2.45, 2.75) is 0 Å². The van der Waals surface area contributed by atoms with Crippen LogP contribution < -0.4 is 0 Å². The van der Waals surface area contributed by atoms with Crippen molar-refractivity contribution in [3.63, 3.8) is 0 Å². The second kappa shape index (κ2) is 4.59. The first-order valence-electron chi connectivity index (χ1n) is 4.43. The minimum atomic E-state index is 0.367. The molecule has 15 heavy (non-hydrogen) atoms. The van der Waals surface area contributed by atoms with Crippen molar-refractivity contribution in [1.29, 1.82) is 0 Å². The highest BCUT2D eigenvalue weighted by Gasteiger charge is 1.98. The molecule has 0 aliphatic rings. The molecule has 2 aromatic rings. The summed E-state index contributed by atoms with van der Waals surface area (Å²) in [6, 6.07) is 7.98. The quantitative estimate of drug-likeness (QED) is 0.439. The van der Waals surface area contributed by atoms with Crippen LogP contribution in [0.1, 0.15) is 5.01 Å². The molecule has 0 saturated carbocycles. The number of rotatable bonds is 3. The Labute approximate surface area is 90.5 Å². The summed E-state index contributed by atoms with van der Waals surface area (Å²) in [5, 5.41) is 4.35. The average Bonchev–Trinajstić information content (AvgIpc) is 2.67. The van der Waals surface area contributed by atoms with Gasteiger partial charge in [-0.3, -0.25) is 0 Å². The topological polar surface area (TPSA) is 61.7 Å². The van der Waals surface area contributed by atoms with Gasteiger partial charge >= 0.3 is 0 Å². The second-order valence-corrected chi connectivity index (χ2v) is 3.90. The average molecular weight is 216 g/mol. The molecule has 0 radical (unpaired) electrons. The summed E-state index contributed by atoms with van der Waals surface area (Å²) in [4.78, 5) is 7.07. The summed E-state index contributed by atoms with van der Waals surface area (Å²) in [6.07, 6.45) is 3.68. The van der Waals surface area contributed by atoms with Crippen LogP contribution in [-0.4, -0.2) is 11.5 Å². The van der Waals surface area contributed by atoms with Gasteiger partial charge in [0, 0.05) is 11.5 Å². The van der Waals surface area contributed by atoms with Crippen LogP contribution in [0.25, 0.3) is 26.7 Å². The smallest absolute Gasteiger partial charge is 0.117 e. The van der Waals surface area contributed by atoms with E-state index in [-0.39, 0.29) is 0 Å². The maximum Gasteiger partial charge on any atom is 0.117 e. The summed E-state index contributed by atoms with van der Waals surface area (Å²) in [7, 11) is 0. The number of azide groups is 1. The van der Waals surface area contributed by atoms with Gasteiger partial charge < -0.3 is 0 Å². The Kier molecular flexibility index (Phi) is 2.97. The maximum absolute atomic E-state index is 8.09. The Hall–Kier alpha value is -1.84. The third kappa shape index (κ3) is 2.34. The number of nitrogens with zero attached hydrogens (tertiary/aromatic N) is 4. The Morgan fingerprint density at radius 1 is 1.47 bits per heavy atom. The Balaban J connectivity index is 2.22. The van der Waals surface area contributed by atoms with E-state index in [4.69, 9.17) is 5.53 Å². The van der Waals surface area contributed by atoms with Crippen molar-refractivity contribution in [1.82, 2.24) is 4.98 Å². The molecule has 0 aliphatic heterocycles. The van der Waals surface area contributed by atoms with Gasteiger partial charge in [-0.05, 0) is 23.7 Å². The number of benzene rings is 1. The number of hydrogen-bond acceptors (Lipinski definition) is 3. The van der Waals surface area contributed by atoms with Crippen molar-refractivity contribution >= 4 is 27.6 Å². The highest BCUT2D eigenvalue weighted by atomic mass is 32.1. The molecule has 0 saturated heterocycles. The zero-order valence-corrected chi connectivity index (χ0v) is 8.68. The highest BCUT2D eigenvalue weighted by molar-refractivity contribution is 7.19. The lowest BCUT2D eigenvalue weighted by Gasteiger charge is -1.80. The van der Waals surface area contributed by atoms with Crippen molar-refractivity contribution in [2.24, 2.45) is 5.11 Å². The van der Waals surface area contributed by atoms with Gasteiger partial charge in [-0.2, -0.15) is 0 Å². The van der Waals surface area contributed by atoms with Crippen LogP contribution in [0.2, 0.25) is 0 Å². The molecule has 0 spiro atoms. The zero-order valence-electron chi connectivity index (χ0n) is 7.87. The molecule has 1 aromatic heterocycles. The zero-order chi connectivity index (χ0) is 10.5. The minimum absolute atomic E-state index is 0.367. The molecular weight excluding hydrogens is 208 g/mol. The molecular formula is C10H8N4S. The summed E-state index contributed by atoms with van der Waals surface area (Å²) < 4.78 is 1.17. The predicted molar refractivity (Wildman–Crippen MR) is 62.7 cm³/mol. The van der Waals surface area contributed by atoms with E-state index in [0.29, 0.717) is 6.54 Å². The van der Waals surface area contributed by atoms with Gasteiger partial charge in [0.15, 0.2) is 0 Å². The molecule has 2 rings (SSSR count). The van der Waals surface area contributed by atoms with Gasteiger partial charge in [0.25, 0.3) is 0 Å². The Morgan fingerprint density at radius 2 is 2.33 bits per heavy atom. The van der Waals surface area contributed by atoms with E-state index in [1.54, 1.807) is 17.4 Å². The fourth-order valence-electron chi connectivity index (χ4n) is 1.20. The summed E-state index contributed by atoms with van der Waals surface area (Å²) in [5.41, 5.74) is 9.09. The SMILES string of the molecule is [N-]=[N+]=NCC=Cc1nc2ccccc2s1. The normalized spacial score (nSPS) is 10.7. The lowest BCUT2D eigenvalue weighted by Crippen LogP contribution is -1.70. The van der Waals surface area contributed by atoms with Crippen LogP contribution in [0.15, 0.2) is 35.5 Å². The van der Waals surface area contributed by atoms with E-state index in [2.05, 4.69) is 15.0 Å². The molecule has 0 aliphatic carbocycles. The minimum Gasteiger partial charge on any atom is -0.237 e. The standard InChI is InChI=1S/C10H8N4S/c11-14-12-7-3-6-10-13-8-4-1-2-5-9(8)15-10/h1-6H,7H2. The van der Waals surface area contributed by atoms with Gasteiger partial charge in [0.1, 0.15) is 5.01 Å². The number of thiazole rings is 1. The lowest BCUT2D eigenvalue weighted by atomic mass is 10.3. The van der Waals surface area contributed by atoms with Gasteiger partial charge in [0.05, 0.1) is 10.2 Å². The van der Waals surface area contributed by atoms with Crippen LogP contribution >= 0.6 is 11.3 Å². The van der Waals surface area contributed by atoms with Gasteiger partial charge in [-0.25, -0.2) is 4.98 Å². The van der Waals surface area contributed by atoms with Crippen LogP contribution in [-0.2, 0) is 0 Å². The largest absolute Gasteiger partial charge is 0.237 e. The molecule has 0 N–H and O–H groups in total. The Bertz CT molecular complexity index is 504. The van der Waals surface area contributed by atoms with Crippen molar-refractivity contribution in [2.75, 3.05) is 6.54 Å². The number of para-hydroxylation sites is 1. The first-order chi connectivity index (χ1) is 7.40. The van der Waals surface area contributed by atoms with E-state index in [9.17, 15) is 0 Å². The van der Waals surface area contributed by atoms with Crippen LogP contribution in [0.4, 0.5) is 0 Å². The van der Waals surface area contributed by atoms with Gasteiger partial charge in [-0.1, -0.05) is 23.3 Å². The van der Waals surface area contributed by atoms with Crippen molar-refractivity contribution in [3.05, 3.63) is 45.8 Å². The maximum atomic E-state index is 8.09. The number of aromatic nitrogens is 1. The monoisotopic (exact) mass is 216 g/mol. The highest BCUT2D eigenvalue weighted by Crippen LogP contribution is 2.22. The number of fused-ring (bicyclic) bond motifs is 1. The molecule has 1 heterocycles. The third-order valence-corrected chi connectivity index (χ3v) is 2.82. The van der Waals surface area contributed by atoms with E-state index in [0.717, 1.165) is 10.5 Å². The van der Waals surface area contributed by atoms with E-state index in [1.807, 2.05) is 30.3 Å². The molecule has 5 heteroatoms. The first kappa shape index (κ1) is 9.71. The van der Waals surface area contributed by atoms with E-state index in [1.165, 1.54) is 4.70 Å². The van der Waals surface area contributed by atoms with Crippen LogP contribution in [0.3, 0.4) is 0 Å². The van der Waals surface area contributed by atoms with Gasteiger partial charge in [0.2, 0.25) is 0 Å². The summed E-state index contributed by atoms with van der Waals surface area (Å²) in [5.74, 6) is 0. The predicted octanol–water partition coefficient (Wildman–Crippen LogP) is 3.62. The third-order valence-electron chi connectivity index (χ3n) is 1.82. The Morgan fingerprint density at radius 3 is 3.13 bits per heavy atom. The molecule has 0 atom stereocenters. The fraction of sp³-hybridized carbons (Fsp3) is 0.100. The van der Waals surface area contributed by atoms with Crippen LogP contribution in [0.5, 0.6) is 0 Å². The first-order valence-corrected chi connectivity index (χ1v) is 5.25. The molecule has 4 nitrogen and oxygen atoms in total. The fourth-order valence-corrected chi connectivity index (χ4v) is 2.10.